The number of hydrogen-bond acceptors (Lipinski definition) is 5. The van der Waals surface area contributed by atoms with Gasteiger partial charge in [0.15, 0.2) is 19.7 Å². The fourth-order valence-electron chi connectivity index (χ4n) is 3.01. The lowest BCUT2D eigenvalue weighted by atomic mass is 10.1. The minimum Gasteiger partial charge on any atom is -0.340 e. The highest BCUT2D eigenvalue weighted by Gasteiger charge is 2.40. The summed E-state index contributed by atoms with van der Waals surface area (Å²) in [5, 5.41) is -1.24. The predicted molar refractivity (Wildman–Crippen MR) is 106 cm³/mol. The molecule has 1 heterocycles. The lowest BCUT2D eigenvalue weighted by molar-refractivity contribution is -0.133. The van der Waals surface area contributed by atoms with Gasteiger partial charge >= 0.3 is 0 Å². The molecular formula is C20H22FNO5S2. The third-order valence-corrected chi connectivity index (χ3v) is 9.29. The minimum absolute atomic E-state index is 0.0398. The van der Waals surface area contributed by atoms with Gasteiger partial charge in [-0.25, -0.2) is 21.2 Å². The summed E-state index contributed by atoms with van der Waals surface area (Å²) in [7, 11) is -6.99. The summed E-state index contributed by atoms with van der Waals surface area (Å²) in [6.45, 7) is 3.37. The number of carbonyl (C=O) groups is 1. The van der Waals surface area contributed by atoms with E-state index in [-0.39, 0.29) is 35.2 Å². The SMILES string of the molecule is CC(C)S(=O)(=O)c1ccc(CC(=O)N2CC(S(=O)(=O)c3ccc(F)cc3)C2)cc1. The van der Waals surface area contributed by atoms with E-state index in [0.717, 1.165) is 12.1 Å². The third kappa shape index (κ3) is 4.35. The Balaban J connectivity index is 1.60. The molecule has 0 spiro atoms. The molecule has 1 aliphatic rings. The lowest BCUT2D eigenvalue weighted by Crippen LogP contribution is -2.57. The van der Waals surface area contributed by atoms with E-state index in [1.165, 1.54) is 29.2 Å². The van der Waals surface area contributed by atoms with Crippen LogP contribution in [-0.4, -0.2) is 51.2 Å². The van der Waals surface area contributed by atoms with E-state index in [4.69, 9.17) is 0 Å². The number of amides is 1. The molecular weight excluding hydrogens is 417 g/mol. The first kappa shape index (κ1) is 21.4. The molecule has 0 aliphatic carbocycles. The van der Waals surface area contributed by atoms with E-state index in [2.05, 4.69) is 0 Å². The van der Waals surface area contributed by atoms with Crippen LogP contribution in [0.2, 0.25) is 0 Å². The van der Waals surface area contributed by atoms with Crippen LogP contribution in [0.25, 0.3) is 0 Å². The van der Waals surface area contributed by atoms with Crippen molar-refractivity contribution in [3.63, 3.8) is 0 Å². The number of sulfone groups is 2. The van der Waals surface area contributed by atoms with Gasteiger partial charge in [-0.15, -0.1) is 0 Å². The van der Waals surface area contributed by atoms with E-state index in [0.29, 0.717) is 5.56 Å². The molecule has 1 amide bonds. The van der Waals surface area contributed by atoms with Gasteiger partial charge < -0.3 is 4.90 Å². The zero-order chi connectivity index (χ0) is 21.4. The van der Waals surface area contributed by atoms with Crippen molar-refractivity contribution in [2.45, 2.75) is 40.6 Å². The minimum atomic E-state index is -3.62. The van der Waals surface area contributed by atoms with Crippen LogP contribution >= 0.6 is 0 Å². The molecule has 1 aliphatic heterocycles. The van der Waals surface area contributed by atoms with E-state index < -0.39 is 36.0 Å². The van der Waals surface area contributed by atoms with E-state index in [1.54, 1.807) is 26.0 Å². The van der Waals surface area contributed by atoms with E-state index >= 15 is 0 Å². The Labute approximate surface area is 170 Å². The average Bonchev–Trinajstić information content (AvgIpc) is 2.61. The number of likely N-dealkylation sites (tertiary alicyclic amines) is 1. The second-order valence-electron chi connectivity index (χ2n) is 7.33. The summed E-state index contributed by atoms with van der Waals surface area (Å²) < 4.78 is 62.3. The van der Waals surface area contributed by atoms with Crippen LogP contribution in [-0.2, 0) is 30.9 Å². The van der Waals surface area contributed by atoms with Gasteiger partial charge in [-0.2, -0.15) is 0 Å². The molecule has 2 aromatic rings. The Morgan fingerprint density at radius 1 is 0.966 bits per heavy atom. The van der Waals surface area contributed by atoms with Gasteiger partial charge in [-0.1, -0.05) is 12.1 Å². The van der Waals surface area contributed by atoms with Gasteiger partial charge in [0.1, 0.15) is 11.1 Å². The number of benzene rings is 2. The first-order chi connectivity index (χ1) is 13.5. The molecule has 3 rings (SSSR count). The van der Waals surface area contributed by atoms with Crippen LogP contribution in [0.15, 0.2) is 58.3 Å². The molecule has 1 fully saturated rings. The maximum atomic E-state index is 13.0. The third-order valence-electron chi connectivity index (χ3n) is 5.01. The standard InChI is InChI=1S/C20H22FNO5S2/c1-14(2)28(24,25)17-7-3-15(4-8-17)11-20(23)22-12-19(13-22)29(26,27)18-9-5-16(21)6-10-18/h3-10,14,19H,11-13H2,1-2H3. The van der Waals surface area contributed by atoms with Crippen LogP contribution in [0, 0.1) is 5.82 Å². The Bertz CT molecular complexity index is 1100. The quantitative estimate of drug-likeness (QED) is 0.644. The monoisotopic (exact) mass is 439 g/mol. The number of hydrogen-bond donors (Lipinski definition) is 0. The van der Waals surface area contributed by atoms with Gasteiger partial charge in [0, 0.05) is 13.1 Å². The summed E-state index contributed by atoms with van der Waals surface area (Å²) in [5.74, 6) is -0.739. The first-order valence-corrected chi connectivity index (χ1v) is 12.2. The second-order valence-corrected chi connectivity index (χ2v) is 12.1. The smallest absolute Gasteiger partial charge is 0.227 e. The van der Waals surface area contributed by atoms with Crippen molar-refractivity contribution in [3.05, 3.63) is 59.9 Å². The molecule has 29 heavy (non-hydrogen) atoms. The number of halogens is 1. The van der Waals surface area contributed by atoms with Gasteiger partial charge in [0.25, 0.3) is 0 Å². The molecule has 2 aromatic carbocycles. The van der Waals surface area contributed by atoms with Gasteiger partial charge in [0.05, 0.1) is 21.5 Å². The molecule has 0 saturated carbocycles. The van der Waals surface area contributed by atoms with Crippen molar-refractivity contribution in [3.8, 4) is 0 Å². The summed E-state index contributed by atoms with van der Waals surface area (Å²) in [6, 6.07) is 10.8. The zero-order valence-electron chi connectivity index (χ0n) is 16.1. The van der Waals surface area contributed by atoms with Gasteiger partial charge in [-0.05, 0) is 55.8 Å². The van der Waals surface area contributed by atoms with Crippen LogP contribution in [0.3, 0.4) is 0 Å². The van der Waals surface area contributed by atoms with Crippen molar-refractivity contribution in [1.29, 1.82) is 0 Å². The maximum absolute atomic E-state index is 13.0. The molecule has 6 nitrogen and oxygen atoms in total. The Morgan fingerprint density at radius 2 is 1.48 bits per heavy atom. The number of carbonyl (C=O) groups excluding carboxylic acids is 1. The van der Waals surface area contributed by atoms with Crippen molar-refractivity contribution >= 4 is 25.6 Å². The Hall–Kier alpha value is -2.26. The van der Waals surface area contributed by atoms with Crippen LogP contribution in [0.5, 0.6) is 0 Å². The van der Waals surface area contributed by atoms with Crippen molar-refractivity contribution in [2.75, 3.05) is 13.1 Å². The summed E-state index contributed by atoms with van der Waals surface area (Å²) in [4.78, 5) is 14.1. The number of rotatable bonds is 6. The molecule has 0 atom stereocenters. The van der Waals surface area contributed by atoms with Crippen molar-refractivity contribution in [1.82, 2.24) is 4.90 Å². The first-order valence-electron chi connectivity index (χ1n) is 9.12. The van der Waals surface area contributed by atoms with Crippen molar-refractivity contribution in [2.24, 2.45) is 0 Å². The Morgan fingerprint density at radius 3 is 2.00 bits per heavy atom. The van der Waals surface area contributed by atoms with Crippen LogP contribution in [0.1, 0.15) is 19.4 Å². The second kappa shape index (κ2) is 7.87. The van der Waals surface area contributed by atoms with Crippen LogP contribution in [0.4, 0.5) is 4.39 Å². The molecule has 0 unspecified atom stereocenters. The van der Waals surface area contributed by atoms with Crippen molar-refractivity contribution < 1.29 is 26.0 Å². The highest BCUT2D eigenvalue weighted by molar-refractivity contribution is 7.92. The molecule has 0 radical (unpaired) electrons. The highest BCUT2D eigenvalue weighted by atomic mass is 32.2. The maximum Gasteiger partial charge on any atom is 0.227 e. The largest absolute Gasteiger partial charge is 0.340 e. The number of nitrogens with zero attached hydrogens (tertiary/aromatic N) is 1. The zero-order valence-corrected chi connectivity index (χ0v) is 17.7. The molecule has 0 N–H and O–H groups in total. The molecule has 0 aromatic heterocycles. The van der Waals surface area contributed by atoms with E-state index in [1.807, 2.05) is 0 Å². The fourth-order valence-corrected chi connectivity index (χ4v) is 5.72. The van der Waals surface area contributed by atoms with Gasteiger partial charge in [0.2, 0.25) is 5.91 Å². The van der Waals surface area contributed by atoms with Crippen LogP contribution < -0.4 is 0 Å². The summed E-state index contributed by atoms with van der Waals surface area (Å²) in [5.41, 5.74) is 0.655. The van der Waals surface area contributed by atoms with E-state index in [9.17, 15) is 26.0 Å². The predicted octanol–water partition coefficient (Wildman–Crippen LogP) is 2.24. The molecule has 156 valence electrons. The topological polar surface area (TPSA) is 88.6 Å². The average molecular weight is 440 g/mol. The summed E-state index contributed by atoms with van der Waals surface area (Å²) in [6.07, 6.45) is 0.0608. The normalized spacial score (nSPS) is 15.4. The Kier molecular flexibility index (Phi) is 5.82. The molecule has 0 bridgehead atoms. The summed E-state index contributed by atoms with van der Waals surface area (Å²) >= 11 is 0. The fraction of sp³-hybridized carbons (Fsp3) is 0.350. The lowest BCUT2D eigenvalue weighted by Gasteiger charge is -2.38. The molecule has 1 saturated heterocycles. The van der Waals surface area contributed by atoms with Gasteiger partial charge in [-0.3, -0.25) is 4.79 Å². The molecule has 9 heteroatoms. The highest BCUT2D eigenvalue weighted by Crippen LogP contribution is 2.25.